The highest BCUT2D eigenvalue weighted by Crippen LogP contribution is 2.25. The Morgan fingerprint density at radius 2 is 2.14 bits per heavy atom. The fourth-order valence-electron chi connectivity index (χ4n) is 1.66. The monoisotopic (exact) mass is 218 g/mol. The molecule has 0 aromatic heterocycles. The van der Waals surface area contributed by atoms with Crippen molar-refractivity contribution in [2.24, 2.45) is 5.73 Å². The minimum absolute atomic E-state index is 0.0347. The van der Waals surface area contributed by atoms with Gasteiger partial charge in [-0.15, -0.1) is 0 Å². The van der Waals surface area contributed by atoms with Crippen molar-refractivity contribution in [2.75, 3.05) is 13.2 Å². The van der Waals surface area contributed by atoms with Gasteiger partial charge in [0.2, 0.25) is 0 Å². The standard InChI is InChI=1S/C9H18N2O2S/c1-3-4-7(11-8(10)14)9(2)12-5-6-13-9/h7H,3-6H2,1-2H3,(H3,10,11,14). The molecule has 14 heavy (non-hydrogen) atoms. The second-order valence-electron chi connectivity index (χ2n) is 3.56. The van der Waals surface area contributed by atoms with E-state index in [2.05, 4.69) is 12.2 Å². The van der Waals surface area contributed by atoms with Gasteiger partial charge in [0.15, 0.2) is 10.9 Å². The summed E-state index contributed by atoms with van der Waals surface area (Å²) in [6, 6.07) is 0.0347. The van der Waals surface area contributed by atoms with E-state index in [0.717, 1.165) is 12.8 Å². The maximum atomic E-state index is 5.56. The Labute approximate surface area is 90.1 Å². The molecule has 1 saturated heterocycles. The van der Waals surface area contributed by atoms with Crippen LogP contribution in [0.3, 0.4) is 0 Å². The van der Waals surface area contributed by atoms with Gasteiger partial charge in [0, 0.05) is 0 Å². The second-order valence-corrected chi connectivity index (χ2v) is 4.00. The highest BCUT2D eigenvalue weighted by molar-refractivity contribution is 7.80. The van der Waals surface area contributed by atoms with E-state index in [4.69, 9.17) is 27.4 Å². The molecule has 82 valence electrons. The van der Waals surface area contributed by atoms with E-state index in [1.165, 1.54) is 0 Å². The predicted molar refractivity (Wildman–Crippen MR) is 58.9 cm³/mol. The van der Waals surface area contributed by atoms with Gasteiger partial charge >= 0.3 is 0 Å². The van der Waals surface area contributed by atoms with Crippen molar-refractivity contribution in [3.63, 3.8) is 0 Å². The van der Waals surface area contributed by atoms with Crippen molar-refractivity contribution in [1.82, 2.24) is 5.32 Å². The SMILES string of the molecule is CCCC(NC(N)=S)C1(C)OCCO1. The van der Waals surface area contributed by atoms with Crippen LogP contribution in [0.5, 0.6) is 0 Å². The summed E-state index contributed by atoms with van der Waals surface area (Å²) < 4.78 is 11.1. The lowest BCUT2D eigenvalue weighted by Crippen LogP contribution is -2.53. The van der Waals surface area contributed by atoms with E-state index >= 15 is 0 Å². The molecule has 0 aliphatic carbocycles. The molecule has 0 spiro atoms. The minimum atomic E-state index is -0.584. The van der Waals surface area contributed by atoms with Crippen LogP contribution in [0.2, 0.25) is 0 Å². The number of nitrogens with one attached hydrogen (secondary N) is 1. The summed E-state index contributed by atoms with van der Waals surface area (Å²) >= 11 is 4.83. The summed E-state index contributed by atoms with van der Waals surface area (Å²) in [5, 5.41) is 3.32. The normalized spacial score (nSPS) is 21.9. The first-order chi connectivity index (χ1) is 6.58. The van der Waals surface area contributed by atoms with Crippen molar-refractivity contribution in [3.05, 3.63) is 0 Å². The van der Waals surface area contributed by atoms with Crippen LogP contribution in [-0.2, 0) is 9.47 Å². The molecule has 1 heterocycles. The van der Waals surface area contributed by atoms with Crippen LogP contribution in [0.15, 0.2) is 0 Å². The number of ether oxygens (including phenoxy) is 2. The van der Waals surface area contributed by atoms with E-state index < -0.39 is 5.79 Å². The van der Waals surface area contributed by atoms with Gasteiger partial charge in [-0.25, -0.2) is 0 Å². The molecule has 1 fully saturated rings. The summed E-state index contributed by atoms with van der Waals surface area (Å²) in [5.41, 5.74) is 5.46. The molecule has 0 bridgehead atoms. The maximum Gasteiger partial charge on any atom is 0.185 e. The van der Waals surface area contributed by atoms with Gasteiger partial charge in [-0.1, -0.05) is 13.3 Å². The van der Waals surface area contributed by atoms with Gasteiger partial charge in [-0.2, -0.15) is 0 Å². The van der Waals surface area contributed by atoms with Gasteiger partial charge < -0.3 is 20.5 Å². The zero-order chi connectivity index (χ0) is 10.6. The van der Waals surface area contributed by atoms with E-state index in [9.17, 15) is 0 Å². The summed E-state index contributed by atoms with van der Waals surface area (Å²) in [7, 11) is 0. The molecule has 5 heteroatoms. The first-order valence-corrected chi connectivity index (χ1v) is 5.33. The molecule has 0 aromatic carbocycles. The van der Waals surface area contributed by atoms with Crippen LogP contribution in [0, 0.1) is 0 Å². The molecule has 0 aromatic rings. The molecule has 0 amide bonds. The third-order valence-corrected chi connectivity index (χ3v) is 2.51. The van der Waals surface area contributed by atoms with Crippen molar-refractivity contribution < 1.29 is 9.47 Å². The van der Waals surface area contributed by atoms with Crippen LogP contribution >= 0.6 is 12.2 Å². The third-order valence-electron chi connectivity index (χ3n) is 2.39. The highest BCUT2D eigenvalue weighted by atomic mass is 32.1. The van der Waals surface area contributed by atoms with Crippen molar-refractivity contribution in [1.29, 1.82) is 0 Å². The molecule has 0 saturated carbocycles. The number of rotatable bonds is 4. The molecule has 0 radical (unpaired) electrons. The van der Waals surface area contributed by atoms with E-state index in [1.807, 2.05) is 6.92 Å². The first-order valence-electron chi connectivity index (χ1n) is 4.92. The zero-order valence-electron chi connectivity index (χ0n) is 8.71. The molecule has 4 nitrogen and oxygen atoms in total. The lowest BCUT2D eigenvalue weighted by molar-refractivity contribution is -0.162. The van der Waals surface area contributed by atoms with Crippen LogP contribution in [0.1, 0.15) is 26.7 Å². The highest BCUT2D eigenvalue weighted by Gasteiger charge is 2.39. The second kappa shape index (κ2) is 4.91. The van der Waals surface area contributed by atoms with Crippen molar-refractivity contribution in [2.45, 2.75) is 38.5 Å². The van der Waals surface area contributed by atoms with Crippen LogP contribution in [0.4, 0.5) is 0 Å². The Bertz CT molecular complexity index is 205. The molecule has 1 unspecified atom stereocenters. The fourth-order valence-corrected chi connectivity index (χ4v) is 1.80. The Morgan fingerprint density at radius 1 is 1.57 bits per heavy atom. The smallest absolute Gasteiger partial charge is 0.185 e. The zero-order valence-corrected chi connectivity index (χ0v) is 9.52. The fraction of sp³-hybridized carbons (Fsp3) is 0.889. The van der Waals surface area contributed by atoms with Gasteiger partial charge in [-0.3, -0.25) is 0 Å². The summed E-state index contributed by atoms with van der Waals surface area (Å²) in [6.07, 6.45) is 1.95. The van der Waals surface area contributed by atoms with Gasteiger partial charge in [0.05, 0.1) is 19.3 Å². The number of nitrogens with two attached hydrogens (primary N) is 1. The average Bonchev–Trinajstić information content (AvgIpc) is 2.52. The first kappa shape index (κ1) is 11.7. The molecule has 1 atom stereocenters. The van der Waals surface area contributed by atoms with E-state index in [0.29, 0.717) is 18.3 Å². The number of hydrogen-bond donors (Lipinski definition) is 2. The summed E-state index contributed by atoms with van der Waals surface area (Å²) in [6.45, 7) is 5.30. The molecular formula is C9H18N2O2S. The lowest BCUT2D eigenvalue weighted by Gasteiger charge is -2.32. The largest absolute Gasteiger partial charge is 0.376 e. The Morgan fingerprint density at radius 3 is 2.57 bits per heavy atom. The number of hydrogen-bond acceptors (Lipinski definition) is 3. The topological polar surface area (TPSA) is 56.5 Å². The number of thiocarbonyl (C=S) groups is 1. The van der Waals surface area contributed by atoms with Gasteiger partial charge in [-0.05, 0) is 25.6 Å². The van der Waals surface area contributed by atoms with Crippen LogP contribution < -0.4 is 11.1 Å². The van der Waals surface area contributed by atoms with E-state index in [1.54, 1.807) is 0 Å². The summed E-state index contributed by atoms with van der Waals surface area (Å²) in [4.78, 5) is 0. The molecule has 1 rings (SSSR count). The lowest BCUT2D eigenvalue weighted by atomic mass is 10.0. The molecule has 3 N–H and O–H groups in total. The third kappa shape index (κ3) is 2.80. The van der Waals surface area contributed by atoms with Gasteiger partial charge in [0.25, 0.3) is 0 Å². The Balaban J connectivity index is 2.60. The quantitative estimate of drug-likeness (QED) is 0.682. The maximum absolute atomic E-state index is 5.56. The van der Waals surface area contributed by atoms with Crippen LogP contribution in [0.25, 0.3) is 0 Å². The predicted octanol–water partition coefficient (Wildman–Crippen LogP) is 0.751. The van der Waals surface area contributed by atoms with E-state index in [-0.39, 0.29) is 6.04 Å². The van der Waals surface area contributed by atoms with Crippen LogP contribution in [-0.4, -0.2) is 30.2 Å². The minimum Gasteiger partial charge on any atom is -0.376 e. The van der Waals surface area contributed by atoms with Crippen molar-refractivity contribution >= 4 is 17.3 Å². The van der Waals surface area contributed by atoms with Gasteiger partial charge in [0.1, 0.15) is 0 Å². The Hall–Kier alpha value is -0.390. The van der Waals surface area contributed by atoms with Crippen molar-refractivity contribution in [3.8, 4) is 0 Å². The molecule has 1 aliphatic rings. The summed E-state index contributed by atoms with van der Waals surface area (Å²) in [5.74, 6) is -0.584. The molecule has 1 aliphatic heterocycles. The Kier molecular flexibility index (Phi) is 4.10. The molecular weight excluding hydrogens is 200 g/mol. The average molecular weight is 218 g/mol.